The molecule has 0 bridgehead atoms. The second-order valence-electron chi connectivity index (χ2n) is 8.73. The molecule has 1 atom stereocenters. The molecule has 7 heteroatoms. The van der Waals surface area contributed by atoms with Crippen LogP contribution in [0.4, 0.5) is 5.82 Å². The van der Waals surface area contributed by atoms with Gasteiger partial charge in [-0.15, -0.1) is 0 Å². The van der Waals surface area contributed by atoms with Crippen LogP contribution in [0.5, 0.6) is 0 Å². The number of piperidine rings is 1. The van der Waals surface area contributed by atoms with Gasteiger partial charge in [0.1, 0.15) is 5.82 Å². The molecule has 1 N–H and O–H groups in total. The minimum atomic E-state index is 0.00927. The predicted octanol–water partition coefficient (Wildman–Crippen LogP) is 3.67. The maximum absolute atomic E-state index is 12.8. The summed E-state index contributed by atoms with van der Waals surface area (Å²) in [5.41, 5.74) is 0.888. The number of hydrogen-bond donors (Lipinski definition) is 1. The minimum absolute atomic E-state index is 0.00927. The van der Waals surface area contributed by atoms with Crippen molar-refractivity contribution in [3.05, 3.63) is 24.2 Å². The van der Waals surface area contributed by atoms with Crippen molar-refractivity contribution in [3.8, 4) is 11.4 Å². The Bertz CT molecular complexity index is 856. The highest BCUT2D eigenvalue weighted by atomic mass is 16.5. The van der Waals surface area contributed by atoms with Crippen molar-refractivity contribution in [2.45, 2.75) is 69.7 Å². The number of pyridine rings is 1. The number of hydrogen-bond acceptors (Lipinski definition) is 6. The van der Waals surface area contributed by atoms with Crippen molar-refractivity contribution in [1.29, 1.82) is 0 Å². The molecule has 2 aliphatic carbocycles. The number of anilines is 1. The second kappa shape index (κ2) is 8.13. The molecule has 3 aliphatic rings. The van der Waals surface area contributed by atoms with E-state index in [-0.39, 0.29) is 11.8 Å². The Hall–Kier alpha value is -2.44. The molecule has 2 aromatic rings. The average molecular weight is 396 g/mol. The first-order valence-corrected chi connectivity index (χ1v) is 11.1. The van der Waals surface area contributed by atoms with Gasteiger partial charge in [0, 0.05) is 31.2 Å². The number of carbonyl (C=O) groups is 1. The number of rotatable bonds is 5. The van der Waals surface area contributed by atoms with Crippen LogP contribution in [0.25, 0.3) is 11.4 Å². The topological polar surface area (TPSA) is 84.2 Å². The first-order valence-electron chi connectivity index (χ1n) is 11.1. The fourth-order valence-electron chi connectivity index (χ4n) is 4.76. The summed E-state index contributed by atoms with van der Waals surface area (Å²) in [7, 11) is 0. The molecule has 29 heavy (non-hydrogen) atoms. The molecule has 0 spiro atoms. The fourth-order valence-corrected chi connectivity index (χ4v) is 4.76. The summed E-state index contributed by atoms with van der Waals surface area (Å²) in [6, 6.07) is 4.28. The minimum Gasteiger partial charge on any atom is -0.355 e. The largest absolute Gasteiger partial charge is 0.355 e. The Balaban J connectivity index is 1.32. The van der Waals surface area contributed by atoms with Crippen LogP contribution in [-0.2, 0) is 4.79 Å². The number of nitrogens with zero attached hydrogens (tertiary/aromatic N) is 4. The van der Waals surface area contributed by atoms with E-state index < -0.39 is 0 Å². The van der Waals surface area contributed by atoms with E-state index >= 15 is 0 Å². The highest BCUT2D eigenvalue weighted by Crippen LogP contribution is 2.37. The third-order valence-corrected chi connectivity index (χ3v) is 6.72. The molecule has 3 fully saturated rings. The first kappa shape index (κ1) is 18.6. The number of aromatic nitrogens is 3. The van der Waals surface area contributed by atoms with Gasteiger partial charge in [-0.25, -0.2) is 4.98 Å². The summed E-state index contributed by atoms with van der Waals surface area (Å²) in [5, 5.41) is 7.51. The van der Waals surface area contributed by atoms with Crippen LogP contribution in [0.2, 0.25) is 0 Å². The van der Waals surface area contributed by atoms with Crippen LogP contribution in [0, 0.1) is 5.92 Å². The van der Waals surface area contributed by atoms with Crippen LogP contribution in [0.15, 0.2) is 22.9 Å². The highest BCUT2D eigenvalue weighted by molar-refractivity contribution is 5.80. The van der Waals surface area contributed by atoms with Gasteiger partial charge in [-0.1, -0.05) is 24.4 Å². The van der Waals surface area contributed by atoms with Crippen molar-refractivity contribution < 1.29 is 9.32 Å². The molecule has 7 nitrogen and oxygen atoms in total. The van der Waals surface area contributed by atoms with Crippen LogP contribution >= 0.6 is 0 Å². The van der Waals surface area contributed by atoms with E-state index in [2.05, 4.69) is 25.3 Å². The highest BCUT2D eigenvalue weighted by Gasteiger charge is 2.31. The van der Waals surface area contributed by atoms with Gasteiger partial charge in [-0.05, 0) is 50.7 Å². The Labute approximate surface area is 171 Å². The molecule has 0 aromatic carbocycles. The summed E-state index contributed by atoms with van der Waals surface area (Å²) in [6.07, 6.45) is 11.9. The molecule has 5 rings (SSSR count). The summed E-state index contributed by atoms with van der Waals surface area (Å²) in [5.74, 6) is 2.82. The summed E-state index contributed by atoms with van der Waals surface area (Å²) < 4.78 is 5.53. The van der Waals surface area contributed by atoms with Crippen molar-refractivity contribution in [3.63, 3.8) is 0 Å². The van der Waals surface area contributed by atoms with E-state index in [0.717, 1.165) is 62.3 Å². The van der Waals surface area contributed by atoms with Crippen molar-refractivity contribution >= 4 is 11.7 Å². The summed E-state index contributed by atoms with van der Waals surface area (Å²) in [6.45, 7) is 1.58. The van der Waals surface area contributed by atoms with E-state index in [1.165, 1.54) is 19.3 Å². The van der Waals surface area contributed by atoms with Gasteiger partial charge < -0.3 is 14.7 Å². The fraction of sp³-hybridized carbons (Fsp3) is 0.636. The van der Waals surface area contributed by atoms with Crippen LogP contribution in [-0.4, -0.2) is 40.2 Å². The smallest absolute Gasteiger partial charge is 0.230 e. The molecular weight excluding hydrogens is 366 g/mol. The Kier molecular flexibility index (Phi) is 5.21. The zero-order valence-corrected chi connectivity index (χ0v) is 16.8. The predicted molar refractivity (Wildman–Crippen MR) is 109 cm³/mol. The Morgan fingerprint density at radius 1 is 1.10 bits per heavy atom. The van der Waals surface area contributed by atoms with E-state index in [9.17, 15) is 4.79 Å². The molecule has 154 valence electrons. The lowest BCUT2D eigenvalue weighted by Gasteiger charge is -2.34. The normalized spacial score (nSPS) is 23.2. The molecule has 1 aliphatic heterocycles. The quantitative estimate of drug-likeness (QED) is 0.831. The number of carbonyl (C=O) groups excluding carboxylic acids is 1. The molecule has 2 saturated carbocycles. The van der Waals surface area contributed by atoms with Crippen molar-refractivity contribution in [1.82, 2.24) is 20.4 Å². The number of amides is 1. The molecule has 1 saturated heterocycles. The average Bonchev–Trinajstić information content (AvgIpc) is 3.39. The lowest BCUT2D eigenvalue weighted by molar-refractivity contribution is -0.125. The first-order chi connectivity index (χ1) is 14.3. The van der Waals surface area contributed by atoms with Crippen LogP contribution in [0.3, 0.4) is 0 Å². The van der Waals surface area contributed by atoms with Gasteiger partial charge in [0.15, 0.2) is 0 Å². The Morgan fingerprint density at radius 2 is 1.97 bits per heavy atom. The lowest BCUT2D eigenvalue weighted by Crippen LogP contribution is -2.45. The van der Waals surface area contributed by atoms with Crippen molar-refractivity contribution in [2.24, 2.45) is 5.92 Å². The zero-order valence-electron chi connectivity index (χ0n) is 16.8. The van der Waals surface area contributed by atoms with Crippen LogP contribution < -0.4 is 10.2 Å². The summed E-state index contributed by atoms with van der Waals surface area (Å²) in [4.78, 5) is 24.3. The molecule has 2 aromatic heterocycles. The van der Waals surface area contributed by atoms with E-state index in [4.69, 9.17) is 4.52 Å². The van der Waals surface area contributed by atoms with Crippen molar-refractivity contribution in [2.75, 3.05) is 18.0 Å². The maximum atomic E-state index is 12.8. The zero-order chi connectivity index (χ0) is 19.6. The van der Waals surface area contributed by atoms with Gasteiger partial charge >= 0.3 is 0 Å². The molecule has 0 unspecified atom stereocenters. The summed E-state index contributed by atoms with van der Waals surface area (Å²) >= 11 is 0. The van der Waals surface area contributed by atoms with Gasteiger partial charge in [-0.2, -0.15) is 4.98 Å². The SMILES string of the molecule is O=C(NC1CCCC1)[C@@H]1CCCN(c2ncccc2-c2noc(C3CCC3)n2)C1. The van der Waals surface area contributed by atoms with E-state index in [1.807, 2.05) is 12.1 Å². The number of nitrogens with one attached hydrogen (secondary N) is 1. The third kappa shape index (κ3) is 3.87. The standard InChI is InChI=1S/C22H29N5O2/c28-21(24-17-9-1-2-10-17)16-8-5-13-27(14-16)20-18(11-4-12-23-20)19-25-22(29-26-19)15-6-3-7-15/h4,11-12,15-17H,1-3,5-10,13-14H2,(H,24,28)/t16-/m1/s1. The van der Waals surface area contributed by atoms with Gasteiger partial charge in [0.05, 0.1) is 11.5 Å². The third-order valence-electron chi connectivity index (χ3n) is 6.72. The monoisotopic (exact) mass is 395 g/mol. The molecule has 1 amide bonds. The van der Waals surface area contributed by atoms with Crippen LogP contribution in [0.1, 0.15) is 69.6 Å². The van der Waals surface area contributed by atoms with E-state index in [0.29, 0.717) is 24.3 Å². The van der Waals surface area contributed by atoms with E-state index in [1.54, 1.807) is 6.20 Å². The lowest BCUT2D eigenvalue weighted by atomic mass is 9.85. The maximum Gasteiger partial charge on any atom is 0.230 e. The molecule has 0 radical (unpaired) electrons. The van der Waals surface area contributed by atoms with Gasteiger partial charge in [0.25, 0.3) is 0 Å². The Morgan fingerprint density at radius 3 is 2.76 bits per heavy atom. The molecular formula is C22H29N5O2. The van der Waals surface area contributed by atoms with Gasteiger partial charge in [0.2, 0.25) is 17.6 Å². The second-order valence-corrected chi connectivity index (χ2v) is 8.73. The van der Waals surface area contributed by atoms with Gasteiger partial charge in [-0.3, -0.25) is 4.79 Å². The molecule has 3 heterocycles.